The van der Waals surface area contributed by atoms with Gasteiger partial charge in [0.25, 0.3) is 5.91 Å². The fourth-order valence-corrected chi connectivity index (χ4v) is 5.96. The Labute approximate surface area is 166 Å². The van der Waals surface area contributed by atoms with Crippen molar-refractivity contribution in [3.05, 3.63) is 29.8 Å². The highest BCUT2D eigenvalue weighted by Gasteiger charge is 2.55. The Bertz CT molecular complexity index is 788. The Morgan fingerprint density at radius 2 is 1.93 bits per heavy atom. The number of carbonyl (C=O) groups is 2. The van der Waals surface area contributed by atoms with Gasteiger partial charge in [0.2, 0.25) is 5.91 Å². The first-order chi connectivity index (χ1) is 13.6. The largest absolute Gasteiger partial charge is 0.362 e. The van der Waals surface area contributed by atoms with Gasteiger partial charge < -0.3 is 20.4 Å². The van der Waals surface area contributed by atoms with Crippen molar-refractivity contribution in [1.29, 1.82) is 0 Å². The molecule has 2 heterocycles. The van der Waals surface area contributed by atoms with Gasteiger partial charge in [-0.3, -0.25) is 9.59 Å². The van der Waals surface area contributed by atoms with Gasteiger partial charge in [-0.1, -0.05) is 19.1 Å². The minimum Gasteiger partial charge on any atom is -0.362 e. The summed E-state index contributed by atoms with van der Waals surface area (Å²) in [6, 6.07) is 7.74. The smallest absolute Gasteiger partial charge is 0.255 e. The van der Waals surface area contributed by atoms with Crippen LogP contribution in [-0.2, 0) is 4.79 Å². The predicted octanol–water partition coefficient (Wildman–Crippen LogP) is 2.14. The number of para-hydroxylation sites is 1. The van der Waals surface area contributed by atoms with Crippen molar-refractivity contribution in [3.8, 4) is 0 Å². The maximum absolute atomic E-state index is 13.3. The van der Waals surface area contributed by atoms with Gasteiger partial charge in [0.05, 0.1) is 5.56 Å². The minimum absolute atomic E-state index is 0.0143. The fourth-order valence-electron chi connectivity index (χ4n) is 5.96. The number of anilines is 1. The van der Waals surface area contributed by atoms with Crippen LogP contribution in [0.25, 0.3) is 0 Å². The molecule has 2 N–H and O–H groups in total. The lowest BCUT2D eigenvalue weighted by Gasteiger charge is -2.57. The van der Waals surface area contributed by atoms with Crippen molar-refractivity contribution < 1.29 is 9.59 Å². The molecule has 0 radical (unpaired) electrons. The molecule has 2 amide bonds. The summed E-state index contributed by atoms with van der Waals surface area (Å²) in [5.74, 6) is 1.14. The number of piperazine rings is 1. The molecule has 0 aromatic heterocycles. The van der Waals surface area contributed by atoms with Crippen LogP contribution in [0.1, 0.15) is 43.0 Å². The average Bonchev–Trinajstić information content (AvgIpc) is 2.73. The molecule has 1 spiro atoms. The second-order valence-electron chi connectivity index (χ2n) is 8.94. The molecule has 3 saturated carbocycles. The molecule has 150 valence electrons. The lowest BCUT2D eigenvalue weighted by Crippen LogP contribution is -2.68. The maximum Gasteiger partial charge on any atom is 0.255 e. The molecule has 4 atom stereocenters. The van der Waals surface area contributed by atoms with E-state index in [2.05, 4.69) is 27.4 Å². The highest BCUT2D eigenvalue weighted by atomic mass is 16.2. The minimum atomic E-state index is -0.383. The summed E-state index contributed by atoms with van der Waals surface area (Å²) in [5, 5.41) is 6.95. The summed E-state index contributed by atoms with van der Waals surface area (Å²) in [4.78, 5) is 30.5. The van der Waals surface area contributed by atoms with E-state index in [1.165, 1.54) is 0 Å². The van der Waals surface area contributed by atoms with E-state index in [1.807, 2.05) is 24.3 Å². The van der Waals surface area contributed by atoms with E-state index in [9.17, 15) is 9.59 Å². The molecule has 2 aliphatic heterocycles. The van der Waals surface area contributed by atoms with Crippen LogP contribution in [0, 0.1) is 17.8 Å². The first-order valence-electron chi connectivity index (χ1n) is 10.8. The van der Waals surface area contributed by atoms with Crippen LogP contribution in [-0.4, -0.2) is 60.0 Å². The lowest BCUT2D eigenvalue weighted by atomic mass is 9.58. The molecular formula is C22H30N4O2. The number of hydrogen-bond donors (Lipinski definition) is 2. The third kappa shape index (κ3) is 2.81. The topological polar surface area (TPSA) is 64.7 Å². The molecule has 6 rings (SSSR count). The summed E-state index contributed by atoms with van der Waals surface area (Å²) >= 11 is 0. The number of nitrogens with zero attached hydrogens (tertiary/aromatic N) is 2. The Hall–Kier alpha value is -2.08. The first-order valence-corrected chi connectivity index (χ1v) is 10.8. The van der Waals surface area contributed by atoms with Crippen LogP contribution in [0.15, 0.2) is 24.3 Å². The molecular weight excluding hydrogens is 352 g/mol. The standard InChI is InChI=1S/C22H30N4O2/c1-2-25-9-11-26(12-10-25)21(28)18-13-16-8-7-15(18)14-22(16)23-19-6-4-3-5-17(19)20(27)24-22/h3-6,15-16,18,23H,2,7-14H2,1H3,(H,24,27)/t15-,16+,18-,22-/m0/s1. The zero-order chi connectivity index (χ0) is 19.3. The van der Waals surface area contributed by atoms with Gasteiger partial charge >= 0.3 is 0 Å². The van der Waals surface area contributed by atoms with Crippen LogP contribution < -0.4 is 10.6 Å². The number of amides is 2. The zero-order valence-corrected chi connectivity index (χ0v) is 16.6. The maximum atomic E-state index is 13.3. The molecule has 1 aromatic carbocycles. The Balaban J connectivity index is 1.32. The molecule has 2 bridgehead atoms. The van der Waals surface area contributed by atoms with Crippen molar-refractivity contribution in [1.82, 2.24) is 15.1 Å². The second-order valence-corrected chi connectivity index (χ2v) is 8.94. The molecule has 1 saturated heterocycles. The van der Waals surface area contributed by atoms with Gasteiger partial charge in [0, 0.05) is 43.7 Å². The van der Waals surface area contributed by atoms with Crippen molar-refractivity contribution in [2.24, 2.45) is 17.8 Å². The van der Waals surface area contributed by atoms with E-state index in [0.717, 1.165) is 69.7 Å². The quantitative estimate of drug-likeness (QED) is 0.823. The number of benzene rings is 1. The van der Waals surface area contributed by atoms with E-state index in [4.69, 9.17) is 0 Å². The summed E-state index contributed by atoms with van der Waals surface area (Å²) in [5.41, 5.74) is 1.26. The van der Waals surface area contributed by atoms with Gasteiger partial charge in [-0.25, -0.2) is 0 Å². The number of likely N-dealkylation sites (N-methyl/N-ethyl adjacent to an activating group) is 1. The van der Waals surface area contributed by atoms with E-state index in [1.54, 1.807) is 0 Å². The van der Waals surface area contributed by atoms with Crippen molar-refractivity contribution in [3.63, 3.8) is 0 Å². The Morgan fingerprint density at radius 3 is 2.64 bits per heavy atom. The molecule has 6 nitrogen and oxygen atoms in total. The van der Waals surface area contributed by atoms with Crippen LogP contribution in [0.3, 0.4) is 0 Å². The highest BCUT2D eigenvalue weighted by molar-refractivity contribution is 6.02. The van der Waals surface area contributed by atoms with Gasteiger partial charge in [-0.05, 0) is 50.3 Å². The fraction of sp³-hybridized carbons (Fsp3) is 0.636. The lowest BCUT2D eigenvalue weighted by molar-refractivity contribution is -0.144. The van der Waals surface area contributed by atoms with Crippen LogP contribution in [0.5, 0.6) is 0 Å². The van der Waals surface area contributed by atoms with Gasteiger partial charge in [0.1, 0.15) is 5.66 Å². The molecule has 5 aliphatic rings. The van der Waals surface area contributed by atoms with Crippen LogP contribution in [0.4, 0.5) is 5.69 Å². The van der Waals surface area contributed by atoms with E-state index < -0.39 is 0 Å². The van der Waals surface area contributed by atoms with E-state index in [-0.39, 0.29) is 17.5 Å². The third-order valence-electron chi connectivity index (χ3n) is 7.59. The third-order valence-corrected chi connectivity index (χ3v) is 7.59. The van der Waals surface area contributed by atoms with Gasteiger partial charge in [-0.15, -0.1) is 0 Å². The summed E-state index contributed by atoms with van der Waals surface area (Å²) < 4.78 is 0. The number of nitrogens with one attached hydrogen (secondary N) is 2. The molecule has 3 aliphatic carbocycles. The summed E-state index contributed by atoms with van der Waals surface area (Å²) in [6.45, 7) is 6.93. The zero-order valence-electron chi connectivity index (χ0n) is 16.6. The van der Waals surface area contributed by atoms with Gasteiger partial charge in [-0.2, -0.15) is 0 Å². The Kier molecular flexibility index (Phi) is 4.34. The molecule has 4 fully saturated rings. The molecule has 1 aromatic rings. The first kappa shape index (κ1) is 18.0. The van der Waals surface area contributed by atoms with Crippen LogP contribution >= 0.6 is 0 Å². The van der Waals surface area contributed by atoms with Crippen LogP contribution in [0.2, 0.25) is 0 Å². The number of rotatable bonds is 2. The SMILES string of the molecule is CCN1CCN(C(=O)[C@H]2C[C@H]3CC[C@H]2C[C@]32NC(=O)c3ccccc3N2)CC1. The van der Waals surface area contributed by atoms with E-state index >= 15 is 0 Å². The number of hydrogen-bond acceptors (Lipinski definition) is 4. The second kappa shape index (κ2) is 6.76. The number of fused-ring (bicyclic) bond motifs is 3. The van der Waals surface area contributed by atoms with E-state index in [0.29, 0.717) is 17.7 Å². The summed E-state index contributed by atoms with van der Waals surface area (Å²) in [6.07, 6.45) is 3.90. The summed E-state index contributed by atoms with van der Waals surface area (Å²) in [7, 11) is 0. The average molecular weight is 383 g/mol. The molecule has 0 unspecified atom stereocenters. The van der Waals surface area contributed by atoms with Crippen molar-refractivity contribution >= 4 is 17.5 Å². The van der Waals surface area contributed by atoms with Crippen molar-refractivity contribution in [2.75, 3.05) is 38.0 Å². The Morgan fingerprint density at radius 1 is 1.14 bits per heavy atom. The normalized spacial score (nSPS) is 34.7. The molecule has 6 heteroatoms. The van der Waals surface area contributed by atoms with Gasteiger partial charge in [0.15, 0.2) is 0 Å². The van der Waals surface area contributed by atoms with Crippen molar-refractivity contribution in [2.45, 2.75) is 38.3 Å². The molecule has 28 heavy (non-hydrogen) atoms. The monoisotopic (exact) mass is 382 g/mol. The number of carbonyl (C=O) groups excluding carboxylic acids is 2. The predicted molar refractivity (Wildman–Crippen MR) is 108 cm³/mol. The highest BCUT2D eigenvalue weighted by Crippen LogP contribution is 2.52.